The van der Waals surface area contributed by atoms with Gasteiger partial charge in [0.2, 0.25) is 0 Å². The smallest absolute Gasteiger partial charge is 0.0822 e. The van der Waals surface area contributed by atoms with E-state index in [-0.39, 0.29) is 6.04 Å². The molecule has 0 radical (unpaired) electrons. The number of aliphatic imine (C=N–C) groups is 1. The van der Waals surface area contributed by atoms with E-state index in [1.165, 1.54) is 5.56 Å². The van der Waals surface area contributed by atoms with E-state index in [2.05, 4.69) is 25.1 Å². The van der Waals surface area contributed by atoms with Gasteiger partial charge in [-0.25, -0.2) is 0 Å². The molecule has 0 aliphatic carbocycles. The second-order valence-corrected chi connectivity index (χ2v) is 6.55. The Morgan fingerprint density at radius 1 is 1.18 bits per heavy atom. The van der Waals surface area contributed by atoms with E-state index in [0.29, 0.717) is 0 Å². The number of halogens is 1. The highest BCUT2D eigenvalue weighted by atomic mass is 35.5. The zero-order chi connectivity index (χ0) is 15.5. The average molecular weight is 328 g/mol. The zero-order valence-corrected chi connectivity index (χ0v) is 14.1. The van der Waals surface area contributed by atoms with Gasteiger partial charge in [0.05, 0.1) is 11.8 Å². The number of thiocarbonyl (C=S) groups is 1. The van der Waals surface area contributed by atoms with Gasteiger partial charge in [0.25, 0.3) is 0 Å². The normalized spacial score (nSPS) is 17.6. The van der Waals surface area contributed by atoms with E-state index in [0.717, 1.165) is 46.0 Å². The molecule has 0 saturated carbocycles. The molecule has 0 fully saturated rings. The van der Waals surface area contributed by atoms with Crippen LogP contribution in [0, 0.1) is 0 Å². The van der Waals surface area contributed by atoms with Gasteiger partial charge < -0.3 is 0 Å². The maximum atomic E-state index is 6.23. The van der Waals surface area contributed by atoms with Crippen LogP contribution in [0.2, 0.25) is 5.02 Å². The molecule has 112 valence electrons. The molecule has 3 heteroatoms. The van der Waals surface area contributed by atoms with Gasteiger partial charge in [0, 0.05) is 27.4 Å². The van der Waals surface area contributed by atoms with Crippen molar-refractivity contribution >= 4 is 34.4 Å². The van der Waals surface area contributed by atoms with Crippen molar-refractivity contribution in [1.29, 1.82) is 0 Å². The standard InChI is InChI=1S/C19H18ClNS/c1-2-6-17-18(22)11-14-9-10-15(20)12-16(14)19(21-17)13-7-4-3-5-8-13/h3-5,7-10,12,17H,2,6,11H2,1H3/t17-/m0/s1. The van der Waals surface area contributed by atoms with Crippen molar-refractivity contribution in [2.75, 3.05) is 0 Å². The number of nitrogens with zero attached hydrogens (tertiary/aromatic N) is 1. The first kappa shape index (κ1) is 15.4. The molecule has 2 aromatic carbocycles. The van der Waals surface area contributed by atoms with Crippen molar-refractivity contribution in [2.45, 2.75) is 32.2 Å². The summed E-state index contributed by atoms with van der Waals surface area (Å²) in [6, 6.07) is 16.4. The highest BCUT2D eigenvalue weighted by Gasteiger charge is 2.23. The Hall–Kier alpha value is -1.51. The molecule has 2 aromatic rings. The Bertz CT molecular complexity index is 721. The topological polar surface area (TPSA) is 12.4 Å². The van der Waals surface area contributed by atoms with Crippen LogP contribution in [0.5, 0.6) is 0 Å². The molecule has 22 heavy (non-hydrogen) atoms. The van der Waals surface area contributed by atoms with Gasteiger partial charge in [-0.15, -0.1) is 0 Å². The van der Waals surface area contributed by atoms with Crippen molar-refractivity contribution in [3.8, 4) is 0 Å². The summed E-state index contributed by atoms with van der Waals surface area (Å²) >= 11 is 11.9. The molecule has 1 atom stereocenters. The van der Waals surface area contributed by atoms with Gasteiger partial charge in [-0.3, -0.25) is 4.99 Å². The highest BCUT2D eigenvalue weighted by Crippen LogP contribution is 2.26. The molecule has 0 bridgehead atoms. The third-order valence-electron chi connectivity index (χ3n) is 3.96. The predicted octanol–water partition coefficient (Wildman–Crippen LogP) is 5.27. The number of fused-ring (bicyclic) bond motifs is 1. The summed E-state index contributed by atoms with van der Waals surface area (Å²) in [7, 11) is 0. The number of hydrogen-bond donors (Lipinski definition) is 0. The van der Waals surface area contributed by atoms with Crippen LogP contribution >= 0.6 is 23.8 Å². The first-order chi connectivity index (χ1) is 10.7. The third kappa shape index (κ3) is 3.13. The molecule has 1 aliphatic rings. The molecule has 0 N–H and O–H groups in total. The highest BCUT2D eigenvalue weighted by molar-refractivity contribution is 7.80. The van der Waals surface area contributed by atoms with Crippen LogP contribution in [0.25, 0.3) is 0 Å². The first-order valence-electron chi connectivity index (χ1n) is 7.63. The van der Waals surface area contributed by atoms with Crippen molar-refractivity contribution in [3.63, 3.8) is 0 Å². The summed E-state index contributed by atoms with van der Waals surface area (Å²) in [6.07, 6.45) is 2.87. The molecule has 1 nitrogen and oxygen atoms in total. The minimum absolute atomic E-state index is 0.112. The van der Waals surface area contributed by atoms with Crippen LogP contribution in [0.15, 0.2) is 53.5 Å². The lowest BCUT2D eigenvalue weighted by Gasteiger charge is -2.12. The minimum atomic E-state index is 0.112. The fraction of sp³-hybridized carbons (Fsp3) is 0.263. The summed E-state index contributed by atoms with van der Waals surface area (Å²) in [5.74, 6) is 0. The lowest BCUT2D eigenvalue weighted by atomic mass is 9.96. The van der Waals surface area contributed by atoms with Crippen LogP contribution < -0.4 is 0 Å². The fourth-order valence-corrected chi connectivity index (χ4v) is 3.35. The quantitative estimate of drug-likeness (QED) is 0.699. The molecule has 0 spiro atoms. The SMILES string of the molecule is CCC[C@@H]1N=C(c2ccccc2)c2cc(Cl)ccc2CC1=S. The van der Waals surface area contributed by atoms with Crippen molar-refractivity contribution < 1.29 is 0 Å². The molecular weight excluding hydrogens is 310 g/mol. The maximum absolute atomic E-state index is 6.23. The molecule has 0 unspecified atom stereocenters. The lowest BCUT2D eigenvalue weighted by molar-refractivity contribution is 0.735. The number of hydrogen-bond acceptors (Lipinski definition) is 2. The Labute approximate surface area is 142 Å². The Kier molecular flexibility index (Phi) is 4.70. The summed E-state index contributed by atoms with van der Waals surface area (Å²) in [5, 5.41) is 0.738. The van der Waals surface area contributed by atoms with Gasteiger partial charge in [-0.2, -0.15) is 0 Å². The Morgan fingerprint density at radius 3 is 2.68 bits per heavy atom. The second kappa shape index (κ2) is 6.72. The van der Waals surface area contributed by atoms with Gasteiger partial charge >= 0.3 is 0 Å². The molecule has 0 saturated heterocycles. The van der Waals surface area contributed by atoms with Crippen molar-refractivity contribution in [2.24, 2.45) is 4.99 Å². The van der Waals surface area contributed by atoms with Crippen molar-refractivity contribution in [3.05, 3.63) is 70.2 Å². The summed E-state index contributed by atoms with van der Waals surface area (Å²) in [6.45, 7) is 2.18. The van der Waals surface area contributed by atoms with E-state index in [1.54, 1.807) is 0 Å². The number of rotatable bonds is 3. The molecule has 1 heterocycles. The van der Waals surface area contributed by atoms with Gasteiger partial charge in [-0.1, -0.05) is 73.6 Å². The molecular formula is C19H18ClNS. The Balaban J connectivity index is 2.18. The first-order valence-corrected chi connectivity index (χ1v) is 8.42. The fourth-order valence-electron chi connectivity index (χ4n) is 2.85. The third-order valence-corrected chi connectivity index (χ3v) is 4.61. The summed E-state index contributed by atoms with van der Waals surface area (Å²) < 4.78 is 0. The van der Waals surface area contributed by atoms with Gasteiger partial charge in [0.1, 0.15) is 0 Å². The van der Waals surface area contributed by atoms with E-state index in [1.807, 2.05) is 30.3 Å². The molecule has 0 amide bonds. The van der Waals surface area contributed by atoms with Crippen LogP contribution in [-0.4, -0.2) is 16.6 Å². The van der Waals surface area contributed by atoms with Crippen LogP contribution in [0.1, 0.15) is 36.5 Å². The average Bonchev–Trinajstić information content (AvgIpc) is 2.66. The summed E-state index contributed by atoms with van der Waals surface area (Å²) in [5.41, 5.74) is 4.46. The van der Waals surface area contributed by atoms with Crippen molar-refractivity contribution in [1.82, 2.24) is 0 Å². The summed E-state index contributed by atoms with van der Waals surface area (Å²) in [4.78, 5) is 6.04. The predicted molar refractivity (Wildman–Crippen MR) is 98.5 cm³/mol. The molecule has 0 aromatic heterocycles. The van der Waals surface area contributed by atoms with E-state index in [9.17, 15) is 0 Å². The van der Waals surface area contributed by atoms with Gasteiger partial charge in [0.15, 0.2) is 0 Å². The van der Waals surface area contributed by atoms with Gasteiger partial charge in [-0.05, 0) is 24.1 Å². The largest absolute Gasteiger partial charge is 0.275 e. The molecule has 3 rings (SSSR count). The monoisotopic (exact) mass is 327 g/mol. The Morgan fingerprint density at radius 2 is 1.95 bits per heavy atom. The molecule has 1 aliphatic heterocycles. The van der Waals surface area contributed by atoms with Crippen LogP contribution in [-0.2, 0) is 6.42 Å². The maximum Gasteiger partial charge on any atom is 0.0822 e. The minimum Gasteiger partial charge on any atom is -0.275 e. The number of benzene rings is 2. The lowest BCUT2D eigenvalue weighted by Crippen LogP contribution is -2.18. The van der Waals surface area contributed by atoms with E-state index >= 15 is 0 Å². The zero-order valence-electron chi connectivity index (χ0n) is 12.6. The van der Waals surface area contributed by atoms with E-state index in [4.69, 9.17) is 28.8 Å². The second-order valence-electron chi connectivity index (χ2n) is 5.59. The van der Waals surface area contributed by atoms with Crippen LogP contribution in [0.3, 0.4) is 0 Å². The van der Waals surface area contributed by atoms with E-state index < -0.39 is 0 Å². The van der Waals surface area contributed by atoms with Crippen LogP contribution in [0.4, 0.5) is 0 Å².